The van der Waals surface area contributed by atoms with E-state index >= 15 is 0 Å². The van der Waals surface area contributed by atoms with Crippen molar-refractivity contribution in [2.45, 2.75) is 6.92 Å². The van der Waals surface area contributed by atoms with Gasteiger partial charge in [0.15, 0.2) is 0 Å². The monoisotopic (exact) mass is 847 g/mol. The second kappa shape index (κ2) is 14.2. The Kier molecular flexibility index (Phi) is 9.05. The molecule has 10 aromatic rings. The Hall–Kier alpha value is -6.13. The van der Waals surface area contributed by atoms with E-state index in [4.69, 9.17) is 13.8 Å². The van der Waals surface area contributed by atoms with Crippen LogP contribution in [0.2, 0.25) is 0 Å². The maximum Gasteiger partial charge on any atom is 0.147 e. The third-order valence-corrected chi connectivity index (χ3v) is 9.21. The summed E-state index contributed by atoms with van der Waals surface area (Å²) in [5, 5.41) is 4.22. The molecular weight excluding hydrogens is 817 g/mol. The van der Waals surface area contributed by atoms with Gasteiger partial charge in [0.05, 0.1) is 5.39 Å². The van der Waals surface area contributed by atoms with Crippen molar-refractivity contribution >= 4 is 43.9 Å². The molecule has 251 valence electrons. The van der Waals surface area contributed by atoms with Crippen LogP contribution in [0.5, 0.6) is 0 Å². The zero-order chi connectivity index (χ0) is 34.1. The van der Waals surface area contributed by atoms with E-state index in [0.717, 1.165) is 94.2 Å². The first kappa shape index (κ1) is 33.0. The Morgan fingerprint density at radius 2 is 1.12 bits per heavy atom. The average molecular weight is 847 g/mol. The van der Waals surface area contributed by atoms with Crippen LogP contribution in [0.4, 0.5) is 0 Å². The predicted molar refractivity (Wildman–Crippen MR) is 207 cm³/mol. The van der Waals surface area contributed by atoms with Gasteiger partial charge in [0.25, 0.3) is 0 Å². The number of pyridine rings is 2. The third-order valence-electron chi connectivity index (χ3n) is 9.21. The van der Waals surface area contributed by atoms with Gasteiger partial charge in [-0.2, -0.15) is 0 Å². The van der Waals surface area contributed by atoms with Crippen molar-refractivity contribution in [1.82, 2.24) is 9.97 Å². The Bertz CT molecular complexity index is 2760. The summed E-state index contributed by atoms with van der Waals surface area (Å²) in [6.45, 7) is 2.11. The summed E-state index contributed by atoms with van der Waals surface area (Å²) in [6, 6.07) is 57.3. The number of aryl methyl sites for hydroxylation is 1. The summed E-state index contributed by atoms with van der Waals surface area (Å²) in [7, 11) is 0. The molecular formula is C47H30IrN2O2-2. The first-order valence-electron chi connectivity index (χ1n) is 16.9. The summed E-state index contributed by atoms with van der Waals surface area (Å²) in [5.74, 6) is 0. The maximum absolute atomic E-state index is 6.72. The van der Waals surface area contributed by atoms with Gasteiger partial charge in [-0.05, 0) is 53.2 Å². The van der Waals surface area contributed by atoms with Crippen molar-refractivity contribution in [3.63, 3.8) is 0 Å². The van der Waals surface area contributed by atoms with Crippen LogP contribution in [0.1, 0.15) is 5.56 Å². The molecule has 0 amide bonds. The standard InChI is InChI=1S/C36H22NO2.C11H8N.Ir/c1-22-21-37-28(23-12-4-2-5-13-23)20-27(22)33-31(24-14-6-3-7-15-24)32-25-16-8-10-18-29(25)38-35(32)34-26-17-9-11-19-30(26)39-36(33)34;1-2-6-10(7-3-1)11-8-4-5-9-12-11;/h2-12,14-21H,1H3;1-6,8-9H;/q2*-1;. The molecule has 0 N–H and O–H groups in total. The second-order valence-electron chi connectivity index (χ2n) is 12.4. The smallest absolute Gasteiger partial charge is 0.147 e. The normalized spacial score (nSPS) is 11.0. The van der Waals surface area contributed by atoms with E-state index in [9.17, 15) is 0 Å². The van der Waals surface area contributed by atoms with Crippen LogP contribution in [-0.2, 0) is 20.1 Å². The largest absolute Gasteiger partial charge is 0.455 e. The Morgan fingerprint density at radius 1 is 0.519 bits per heavy atom. The van der Waals surface area contributed by atoms with Crippen molar-refractivity contribution in [2.24, 2.45) is 0 Å². The number of nitrogens with zero attached hydrogens (tertiary/aromatic N) is 2. The van der Waals surface area contributed by atoms with Gasteiger partial charge in [0.2, 0.25) is 0 Å². The first-order valence-corrected chi connectivity index (χ1v) is 16.9. The van der Waals surface area contributed by atoms with E-state index < -0.39 is 0 Å². The predicted octanol–water partition coefficient (Wildman–Crippen LogP) is 12.5. The molecule has 10 rings (SSSR count). The number of aromatic nitrogens is 2. The van der Waals surface area contributed by atoms with Crippen LogP contribution in [-0.4, -0.2) is 9.97 Å². The van der Waals surface area contributed by atoms with E-state index in [1.165, 1.54) is 0 Å². The topological polar surface area (TPSA) is 52.1 Å². The van der Waals surface area contributed by atoms with Crippen LogP contribution in [0, 0.1) is 19.1 Å². The SMILES string of the molecule is Cc1cnc(-c2[c-]cccc2)cc1-c1c(-c2ccccc2)c2c3ccccc3oc2c2c1oc1ccccc12.[Ir].[c-]1ccccc1-c1ccccn1. The number of fused-ring (bicyclic) bond motifs is 7. The minimum Gasteiger partial charge on any atom is -0.455 e. The van der Waals surface area contributed by atoms with Gasteiger partial charge in [-0.15, -0.1) is 71.8 Å². The number of hydrogen-bond acceptors (Lipinski definition) is 4. The summed E-state index contributed by atoms with van der Waals surface area (Å²) in [5.41, 5.74) is 12.6. The molecule has 0 saturated carbocycles. The van der Waals surface area contributed by atoms with Crippen molar-refractivity contribution < 1.29 is 28.9 Å². The van der Waals surface area contributed by atoms with E-state index in [0.29, 0.717) is 0 Å². The quantitative estimate of drug-likeness (QED) is 0.166. The van der Waals surface area contributed by atoms with Gasteiger partial charge in [0, 0.05) is 59.8 Å². The average Bonchev–Trinajstić information content (AvgIpc) is 3.78. The number of hydrogen-bond donors (Lipinski definition) is 0. The number of furan rings is 2. The number of benzene rings is 6. The minimum atomic E-state index is 0. The Balaban J connectivity index is 0.000000253. The van der Waals surface area contributed by atoms with Crippen LogP contribution in [0.3, 0.4) is 0 Å². The van der Waals surface area contributed by atoms with Crippen molar-refractivity contribution in [2.75, 3.05) is 0 Å². The van der Waals surface area contributed by atoms with Crippen molar-refractivity contribution in [3.8, 4) is 44.8 Å². The maximum atomic E-state index is 6.72. The number of para-hydroxylation sites is 2. The molecule has 0 atom stereocenters. The second-order valence-corrected chi connectivity index (χ2v) is 12.4. The van der Waals surface area contributed by atoms with Gasteiger partial charge in [-0.25, -0.2) is 0 Å². The van der Waals surface area contributed by atoms with Gasteiger partial charge >= 0.3 is 0 Å². The molecule has 1 radical (unpaired) electrons. The molecule has 0 bridgehead atoms. The van der Waals surface area contributed by atoms with Gasteiger partial charge in [-0.3, -0.25) is 0 Å². The molecule has 0 aliphatic heterocycles. The molecule has 4 heterocycles. The van der Waals surface area contributed by atoms with Gasteiger partial charge in [-0.1, -0.05) is 84.9 Å². The molecule has 0 saturated heterocycles. The number of rotatable bonds is 4. The van der Waals surface area contributed by atoms with E-state index in [2.05, 4.69) is 84.7 Å². The van der Waals surface area contributed by atoms with Gasteiger partial charge in [0.1, 0.15) is 22.3 Å². The van der Waals surface area contributed by atoms with Crippen molar-refractivity contribution in [1.29, 1.82) is 0 Å². The fraction of sp³-hybridized carbons (Fsp3) is 0.0213. The molecule has 0 fully saturated rings. The molecule has 6 aromatic carbocycles. The fourth-order valence-corrected chi connectivity index (χ4v) is 6.87. The molecule has 0 aliphatic carbocycles. The van der Waals surface area contributed by atoms with E-state index in [1.807, 2.05) is 97.2 Å². The van der Waals surface area contributed by atoms with Crippen LogP contribution in [0.25, 0.3) is 88.6 Å². The van der Waals surface area contributed by atoms with Crippen molar-refractivity contribution in [3.05, 3.63) is 182 Å². The molecule has 0 unspecified atom stereocenters. The summed E-state index contributed by atoms with van der Waals surface area (Å²) in [6.07, 6.45) is 3.74. The Morgan fingerprint density at radius 3 is 1.77 bits per heavy atom. The fourth-order valence-electron chi connectivity index (χ4n) is 6.87. The van der Waals surface area contributed by atoms with E-state index in [-0.39, 0.29) is 20.1 Å². The first-order chi connectivity index (χ1) is 25.2. The molecule has 5 heteroatoms. The Labute approximate surface area is 314 Å². The molecule has 0 aliphatic rings. The zero-order valence-electron chi connectivity index (χ0n) is 28.1. The van der Waals surface area contributed by atoms with Crippen LogP contribution in [0.15, 0.2) is 173 Å². The summed E-state index contributed by atoms with van der Waals surface area (Å²) < 4.78 is 13.3. The summed E-state index contributed by atoms with van der Waals surface area (Å²) >= 11 is 0. The molecule has 52 heavy (non-hydrogen) atoms. The minimum absolute atomic E-state index is 0. The van der Waals surface area contributed by atoms with Gasteiger partial charge < -0.3 is 18.8 Å². The molecule has 4 nitrogen and oxygen atoms in total. The summed E-state index contributed by atoms with van der Waals surface area (Å²) in [4.78, 5) is 9.00. The molecule has 4 aromatic heterocycles. The zero-order valence-corrected chi connectivity index (χ0v) is 30.5. The van der Waals surface area contributed by atoms with Crippen LogP contribution < -0.4 is 0 Å². The van der Waals surface area contributed by atoms with E-state index in [1.54, 1.807) is 6.20 Å². The third kappa shape index (κ3) is 5.90. The molecule has 0 spiro atoms. The van der Waals surface area contributed by atoms with Crippen LogP contribution >= 0.6 is 0 Å².